The summed E-state index contributed by atoms with van der Waals surface area (Å²) >= 11 is 1.38. The van der Waals surface area contributed by atoms with Crippen LogP contribution in [-0.2, 0) is 20.9 Å². The number of thiazole rings is 1. The molecule has 0 unspecified atom stereocenters. The molecule has 0 aliphatic carbocycles. The minimum Gasteiger partial charge on any atom is -0.458 e. The van der Waals surface area contributed by atoms with Crippen LogP contribution in [-0.4, -0.2) is 40.9 Å². The van der Waals surface area contributed by atoms with E-state index in [1.807, 2.05) is 37.4 Å². The Kier molecular flexibility index (Phi) is 7.26. The van der Waals surface area contributed by atoms with Crippen LogP contribution in [0.4, 0.5) is 10.8 Å². The minimum absolute atomic E-state index is 0.101. The van der Waals surface area contributed by atoms with E-state index in [9.17, 15) is 9.59 Å². The van der Waals surface area contributed by atoms with Crippen LogP contribution in [0.3, 0.4) is 0 Å². The summed E-state index contributed by atoms with van der Waals surface area (Å²) in [6.07, 6.45) is 2.26. The molecule has 1 aliphatic rings. The number of hydrogen-bond donors (Lipinski definition) is 0. The first kappa shape index (κ1) is 22.4. The molecule has 1 saturated heterocycles. The van der Waals surface area contributed by atoms with Crippen LogP contribution in [0.2, 0.25) is 0 Å². The van der Waals surface area contributed by atoms with Crippen molar-refractivity contribution in [3.05, 3.63) is 40.4 Å². The highest BCUT2D eigenvalue weighted by Gasteiger charge is 2.32. The molecule has 1 fully saturated rings. The molecule has 1 aliphatic heterocycles. The van der Waals surface area contributed by atoms with E-state index in [-0.39, 0.29) is 30.4 Å². The normalized spacial score (nSPS) is 15.4. The van der Waals surface area contributed by atoms with Gasteiger partial charge in [-0.05, 0) is 62.9 Å². The lowest BCUT2D eigenvalue weighted by Crippen LogP contribution is -2.44. The van der Waals surface area contributed by atoms with Gasteiger partial charge in [-0.25, -0.2) is 4.98 Å². The summed E-state index contributed by atoms with van der Waals surface area (Å²) in [4.78, 5) is 33.6. The van der Waals surface area contributed by atoms with Gasteiger partial charge in [0.15, 0.2) is 5.13 Å². The highest BCUT2D eigenvalue weighted by Crippen LogP contribution is 2.32. The fraction of sp³-hybridized carbons (Fsp3) is 0.522. The van der Waals surface area contributed by atoms with Gasteiger partial charge in [0.25, 0.3) is 0 Å². The summed E-state index contributed by atoms with van der Waals surface area (Å²) in [5.74, 6) is -0.103. The second kappa shape index (κ2) is 9.71. The molecular formula is C23H31N3O3S. The minimum atomic E-state index is -0.214. The van der Waals surface area contributed by atoms with E-state index >= 15 is 0 Å². The first-order chi connectivity index (χ1) is 14.3. The van der Waals surface area contributed by atoms with E-state index in [2.05, 4.69) is 23.7 Å². The molecule has 0 radical (unpaired) electrons. The van der Waals surface area contributed by atoms with Gasteiger partial charge in [0.05, 0.1) is 11.4 Å². The number of hydrogen-bond acceptors (Lipinski definition) is 6. The topological polar surface area (TPSA) is 62.7 Å². The average Bonchev–Trinajstić information content (AvgIpc) is 3.36. The van der Waals surface area contributed by atoms with Crippen LogP contribution in [0, 0.1) is 19.8 Å². The van der Waals surface area contributed by atoms with Gasteiger partial charge in [-0.3, -0.25) is 19.4 Å². The number of benzene rings is 1. The predicted octanol–water partition coefficient (Wildman–Crippen LogP) is 4.61. The first-order valence-electron chi connectivity index (χ1n) is 10.5. The largest absolute Gasteiger partial charge is 0.458 e. The van der Waals surface area contributed by atoms with Crippen LogP contribution >= 0.6 is 11.3 Å². The number of likely N-dealkylation sites (tertiary alicyclic amines) is 1. The van der Waals surface area contributed by atoms with Crippen molar-refractivity contribution in [3.63, 3.8) is 0 Å². The zero-order valence-electron chi connectivity index (χ0n) is 18.5. The monoisotopic (exact) mass is 429 g/mol. The van der Waals surface area contributed by atoms with Crippen LogP contribution in [0.25, 0.3) is 0 Å². The van der Waals surface area contributed by atoms with Crippen molar-refractivity contribution in [2.45, 2.75) is 60.1 Å². The molecule has 0 bridgehead atoms. The van der Waals surface area contributed by atoms with E-state index in [0.29, 0.717) is 10.8 Å². The van der Waals surface area contributed by atoms with E-state index in [0.717, 1.165) is 42.7 Å². The van der Waals surface area contributed by atoms with Gasteiger partial charge >= 0.3 is 5.97 Å². The molecule has 1 aromatic carbocycles. The molecule has 30 heavy (non-hydrogen) atoms. The summed E-state index contributed by atoms with van der Waals surface area (Å²) in [7, 11) is 0. The number of esters is 1. The van der Waals surface area contributed by atoms with Crippen molar-refractivity contribution in [1.82, 2.24) is 9.88 Å². The highest BCUT2D eigenvalue weighted by atomic mass is 32.1. The Hall–Kier alpha value is -2.25. The van der Waals surface area contributed by atoms with Crippen LogP contribution in [0.1, 0.15) is 50.4 Å². The lowest BCUT2D eigenvalue weighted by atomic mass is 10.0. The summed E-state index contributed by atoms with van der Waals surface area (Å²) in [6, 6.07) is 5.67. The molecule has 3 rings (SSSR count). The number of carbonyl (C=O) groups excluding carboxylic acids is 2. The number of anilines is 2. The fourth-order valence-corrected chi connectivity index (χ4v) is 4.81. The third-order valence-corrected chi connectivity index (χ3v) is 6.51. The van der Waals surface area contributed by atoms with Gasteiger partial charge < -0.3 is 4.74 Å². The number of nitrogens with zero attached hydrogens (tertiary/aromatic N) is 3. The number of aryl methyl sites for hydroxylation is 1. The summed E-state index contributed by atoms with van der Waals surface area (Å²) in [6.45, 7) is 11.7. The van der Waals surface area contributed by atoms with Gasteiger partial charge in [-0.1, -0.05) is 26.0 Å². The molecule has 0 N–H and O–H groups in total. The Morgan fingerprint density at radius 3 is 2.57 bits per heavy atom. The fourth-order valence-electron chi connectivity index (χ4n) is 3.94. The van der Waals surface area contributed by atoms with Crippen molar-refractivity contribution < 1.29 is 14.3 Å². The Balaban J connectivity index is 1.72. The molecule has 1 atom stereocenters. The molecule has 7 heteroatoms. The third kappa shape index (κ3) is 4.90. The zero-order chi connectivity index (χ0) is 21.8. The molecule has 0 saturated carbocycles. The Bertz CT molecular complexity index is 903. The molecule has 0 spiro atoms. The Morgan fingerprint density at radius 2 is 1.93 bits per heavy atom. The number of ether oxygens (including phenoxy) is 1. The third-order valence-electron chi connectivity index (χ3n) is 5.63. The predicted molar refractivity (Wildman–Crippen MR) is 120 cm³/mol. The van der Waals surface area contributed by atoms with E-state index in [1.165, 1.54) is 18.3 Å². The molecule has 1 amide bonds. The SMILES string of the molecule is CC(=O)N(c1nc(COC(=O)[C@@H](C(C)C)N2CCCC2)cs1)c1cccc(C)c1C. The van der Waals surface area contributed by atoms with Gasteiger partial charge in [0.2, 0.25) is 5.91 Å². The second-order valence-corrected chi connectivity index (χ2v) is 9.07. The Morgan fingerprint density at radius 1 is 1.23 bits per heavy atom. The maximum atomic E-state index is 12.7. The van der Waals surface area contributed by atoms with Crippen molar-refractivity contribution in [1.29, 1.82) is 0 Å². The lowest BCUT2D eigenvalue weighted by Gasteiger charge is -2.28. The molecule has 1 aromatic heterocycles. The summed E-state index contributed by atoms with van der Waals surface area (Å²) < 4.78 is 5.63. The van der Waals surface area contributed by atoms with Crippen molar-refractivity contribution >= 4 is 34.0 Å². The standard InChI is InChI=1S/C23H31N3O3S/c1-15(2)21(25-11-6-7-12-25)22(28)29-13-19-14-30-23(24-19)26(18(5)27)20-10-8-9-16(3)17(20)4/h8-10,14-15,21H,6-7,11-13H2,1-5H3/t21-/m1/s1. The number of aromatic nitrogens is 1. The van der Waals surface area contributed by atoms with Gasteiger partial charge in [0.1, 0.15) is 12.6 Å². The summed E-state index contributed by atoms with van der Waals surface area (Å²) in [5, 5.41) is 2.44. The number of amides is 1. The second-order valence-electron chi connectivity index (χ2n) is 8.23. The lowest BCUT2D eigenvalue weighted by molar-refractivity contribution is -0.153. The molecule has 162 valence electrons. The van der Waals surface area contributed by atoms with Crippen molar-refractivity contribution in [3.8, 4) is 0 Å². The molecule has 6 nitrogen and oxygen atoms in total. The Labute approximate surface area is 182 Å². The van der Waals surface area contributed by atoms with Gasteiger partial charge in [-0.2, -0.15) is 0 Å². The number of carbonyl (C=O) groups is 2. The average molecular weight is 430 g/mol. The van der Waals surface area contributed by atoms with E-state index < -0.39 is 0 Å². The molecule has 2 aromatic rings. The molecule has 2 heterocycles. The highest BCUT2D eigenvalue weighted by molar-refractivity contribution is 7.14. The quantitative estimate of drug-likeness (QED) is 0.602. The maximum Gasteiger partial charge on any atom is 0.324 e. The van der Waals surface area contributed by atoms with Gasteiger partial charge in [-0.15, -0.1) is 11.3 Å². The van der Waals surface area contributed by atoms with Crippen LogP contribution in [0.15, 0.2) is 23.6 Å². The maximum absolute atomic E-state index is 12.7. The van der Waals surface area contributed by atoms with Crippen LogP contribution < -0.4 is 4.90 Å². The molecular weight excluding hydrogens is 398 g/mol. The van der Waals surface area contributed by atoms with E-state index in [1.54, 1.807) is 4.90 Å². The van der Waals surface area contributed by atoms with E-state index in [4.69, 9.17) is 4.74 Å². The smallest absolute Gasteiger partial charge is 0.324 e. The zero-order valence-corrected chi connectivity index (χ0v) is 19.3. The van der Waals surface area contributed by atoms with Crippen LogP contribution in [0.5, 0.6) is 0 Å². The van der Waals surface area contributed by atoms with Crippen molar-refractivity contribution in [2.75, 3.05) is 18.0 Å². The van der Waals surface area contributed by atoms with Crippen molar-refractivity contribution in [2.24, 2.45) is 5.92 Å². The first-order valence-corrected chi connectivity index (χ1v) is 11.4. The summed E-state index contributed by atoms with van der Waals surface area (Å²) in [5.41, 5.74) is 3.64. The van der Waals surface area contributed by atoms with Gasteiger partial charge in [0, 0.05) is 12.3 Å². The number of rotatable bonds is 7.